The molecule has 0 aromatic carbocycles. The van der Waals surface area contributed by atoms with Crippen molar-refractivity contribution in [3.63, 3.8) is 0 Å². The average Bonchev–Trinajstić information content (AvgIpc) is 2.20. The van der Waals surface area contributed by atoms with Crippen molar-refractivity contribution in [2.45, 2.75) is 62.6 Å². The van der Waals surface area contributed by atoms with Crippen LogP contribution >= 0.6 is 15.9 Å². The third-order valence-electron chi connectivity index (χ3n) is 4.02. The molecule has 0 N–H and O–H groups in total. The Hall–Kier alpha value is 0.480. The Morgan fingerprint density at radius 3 is 1.77 bits per heavy atom. The van der Waals surface area contributed by atoms with Gasteiger partial charge in [0.1, 0.15) is 0 Å². The van der Waals surface area contributed by atoms with Crippen LogP contribution in [0, 0.1) is 11.8 Å². The van der Waals surface area contributed by atoms with E-state index >= 15 is 0 Å². The van der Waals surface area contributed by atoms with Crippen molar-refractivity contribution < 1.29 is 0 Å². The molecule has 2 fully saturated rings. The molecule has 76 valence electrons. The van der Waals surface area contributed by atoms with Crippen molar-refractivity contribution in [2.24, 2.45) is 11.8 Å². The minimum Gasteiger partial charge on any atom is -0.0891 e. The smallest absolute Gasteiger partial charge is 0.0146 e. The summed E-state index contributed by atoms with van der Waals surface area (Å²) in [6.07, 6.45) is 13.5. The van der Waals surface area contributed by atoms with Gasteiger partial charge in [0.2, 0.25) is 0 Å². The number of alkyl halides is 1. The molecule has 0 aromatic heterocycles. The normalized spacial score (nSPS) is 37.6. The third kappa shape index (κ3) is 2.71. The first kappa shape index (κ1) is 10.0. The molecule has 0 heterocycles. The second kappa shape index (κ2) is 4.82. The predicted octanol–water partition coefficient (Wildman–Crippen LogP) is 4.52. The number of hydrogen-bond acceptors (Lipinski definition) is 0. The van der Waals surface area contributed by atoms with Crippen molar-refractivity contribution in [1.29, 1.82) is 0 Å². The third-order valence-corrected chi connectivity index (χ3v) is 4.93. The van der Waals surface area contributed by atoms with Crippen LogP contribution in [-0.2, 0) is 0 Å². The fourth-order valence-corrected chi connectivity index (χ4v) is 3.68. The number of halogens is 1. The van der Waals surface area contributed by atoms with E-state index in [1.54, 1.807) is 0 Å². The molecule has 0 atom stereocenters. The Bertz CT molecular complexity index is 141. The largest absolute Gasteiger partial charge is 0.0891 e. The van der Waals surface area contributed by atoms with E-state index in [0.29, 0.717) is 0 Å². The summed E-state index contributed by atoms with van der Waals surface area (Å²) in [5, 5.41) is 0. The highest BCUT2D eigenvalue weighted by Crippen LogP contribution is 2.39. The van der Waals surface area contributed by atoms with E-state index in [1.807, 2.05) is 0 Å². The SMILES string of the molecule is BrC1CCC(C2CCCCC2)CC1. The van der Waals surface area contributed by atoms with Gasteiger partial charge in [-0.3, -0.25) is 0 Å². The van der Waals surface area contributed by atoms with Crippen LogP contribution in [-0.4, -0.2) is 4.83 Å². The summed E-state index contributed by atoms with van der Waals surface area (Å²) in [7, 11) is 0. The van der Waals surface area contributed by atoms with E-state index in [9.17, 15) is 0 Å². The maximum absolute atomic E-state index is 3.74. The molecular formula is C12H21Br. The van der Waals surface area contributed by atoms with Crippen LogP contribution < -0.4 is 0 Å². The van der Waals surface area contributed by atoms with E-state index < -0.39 is 0 Å². The van der Waals surface area contributed by atoms with Crippen LogP contribution in [0.2, 0.25) is 0 Å². The van der Waals surface area contributed by atoms with Gasteiger partial charge in [-0.05, 0) is 37.5 Å². The van der Waals surface area contributed by atoms with Gasteiger partial charge in [0.15, 0.2) is 0 Å². The number of hydrogen-bond donors (Lipinski definition) is 0. The Kier molecular flexibility index (Phi) is 3.71. The molecule has 2 saturated carbocycles. The Labute approximate surface area is 90.6 Å². The molecule has 13 heavy (non-hydrogen) atoms. The van der Waals surface area contributed by atoms with E-state index in [-0.39, 0.29) is 0 Å². The monoisotopic (exact) mass is 244 g/mol. The predicted molar refractivity (Wildman–Crippen MR) is 61.2 cm³/mol. The second-order valence-corrected chi connectivity index (χ2v) is 6.21. The van der Waals surface area contributed by atoms with Gasteiger partial charge in [-0.25, -0.2) is 0 Å². The molecule has 0 nitrogen and oxygen atoms in total. The fraction of sp³-hybridized carbons (Fsp3) is 1.00. The van der Waals surface area contributed by atoms with Gasteiger partial charge in [-0.2, -0.15) is 0 Å². The van der Waals surface area contributed by atoms with Gasteiger partial charge in [0.05, 0.1) is 0 Å². The molecule has 0 saturated heterocycles. The summed E-state index contributed by atoms with van der Waals surface area (Å²) in [6, 6.07) is 0. The van der Waals surface area contributed by atoms with Crippen LogP contribution in [0.25, 0.3) is 0 Å². The quantitative estimate of drug-likeness (QED) is 0.596. The topological polar surface area (TPSA) is 0 Å². The van der Waals surface area contributed by atoms with Crippen molar-refractivity contribution in [3.8, 4) is 0 Å². The molecule has 0 unspecified atom stereocenters. The molecule has 2 aliphatic rings. The molecule has 0 aromatic rings. The fourth-order valence-electron chi connectivity index (χ4n) is 3.16. The van der Waals surface area contributed by atoms with Crippen molar-refractivity contribution in [2.75, 3.05) is 0 Å². The zero-order valence-corrected chi connectivity index (χ0v) is 10.1. The first-order chi connectivity index (χ1) is 6.36. The molecule has 2 rings (SSSR count). The van der Waals surface area contributed by atoms with Gasteiger partial charge in [0, 0.05) is 4.83 Å². The maximum atomic E-state index is 3.74. The lowest BCUT2D eigenvalue weighted by atomic mass is 9.73. The standard InChI is InChI=1S/C12H21Br/c13-12-8-6-11(7-9-12)10-4-2-1-3-5-10/h10-12H,1-9H2. The minimum absolute atomic E-state index is 0.840. The van der Waals surface area contributed by atoms with Gasteiger partial charge < -0.3 is 0 Å². The molecule has 0 spiro atoms. The summed E-state index contributed by atoms with van der Waals surface area (Å²) in [5.74, 6) is 2.20. The zero-order valence-electron chi connectivity index (χ0n) is 8.47. The summed E-state index contributed by atoms with van der Waals surface area (Å²) < 4.78 is 0. The van der Waals surface area contributed by atoms with Gasteiger partial charge in [-0.15, -0.1) is 0 Å². The van der Waals surface area contributed by atoms with Crippen molar-refractivity contribution in [3.05, 3.63) is 0 Å². The lowest BCUT2D eigenvalue weighted by Gasteiger charge is -2.34. The van der Waals surface area contributed by atoms with Gasteiger partial charge >= 0.3 is 0 Å². The molecule has 0 bridgehead atoms. The van der Waals surface area contributed by atoms with Crippen molar-refractivity contribution in [1.82, 2.24) is 0 Å². The Balaban J connectivity index is 1.79. The first-order valence-corrected chi connectivity index (χ1v) is 6.92. The minimum atomic E-state index is 0.840. The van der Waals surface area contributed by atoms with Crippen LogP contribution in [0.3, 0.4) is 0 Å². The molecule has 1 heteroatoms. The molecule has 0 aliphatic heterocycles. The summed E-state index contributed by atoms with van der Waals surface area (Å²) in [4.78, 5) is 0.840. The Morgan fingerprint density at radius 1 is 0.615 bits per heavy atom. The summed E-state index contributed by atoms with van der Waals surface area (Å²) in [6.45, 7) is 0. The molecule has 0 amide bonds. The van der Waals surface area contributed by atoms with Crippen LogP contribution in [0.15, 0.2) is 0 Å². The van der Waals surface area contributed by atoms with Crippen LogP contribution in [0.5, 0.6) is 0 Å². The highest BCUT2D eigenvalue weighted by Gasteiger charge is 2.27. The summed E-state index contributed by atoms with van der Waals surface area (Å²) in [5.41, 5.74) is 0. The van der Waals surface area contributed by atoms with Crippen LogP contribution in [0.4, 0.5) is 0 Å². The molecule has 0 radical (unpaired) electrons. The Morgan fingerprint density at radius 2 is 1.15 bits per heavy atom. The lowest BCUT2D eigenvalue weighted by molar-refractivity contribution is 0.199. The van der Waals surface area contributed by atoms with Gasteiger partial charge in [0.25, 0.3) is 0 Å². The summed E-state index contributed by atoms with van der Waals surface area (Å²) >= 11 is 3.74. The van der Waals surface area contributed by atoms with E-state index in [2.05, 4.69) is 15.9 Å². The zero-order chi connectivity index (χ0) is 9.10. The lowest BCUT2D eigenvalue weighted by Crippen LogP contribution is -2.23. The highest BCUT2D eigenvalue weighted by molar-refractivity contribution is 9.09. The second-order valence-electron chi connectivity index (χ2n) is 4.91. The first-order valence-electron chi connectivity index (χ1n) is 6.00. The number of rotatable bonds is 1. The highest BCUT2D eigenvalue weighted by atomic mass is 79.9. The molecular weight excluding hydrogens is 224 g/mol. The molecule has 2 aliphatic carbocycles. The van der Waals surface area contributed by atoms with Crippen molar-refractivity contribution >= 4 is 15.9 Å². The van der Waals surface area contributed by atoms with E-state index in [0.717, 1.165) is 16.7 Å². The van der Waals surface area contributed by atoms with E-state index in [4.69, 9.17) is 0 Å². The van der Waals surface area contributed by atoms with Crippen LogP contribution in [0.1, 0.15) is 57.8 Å². The average molecular weight is 245 g/mol. The maximum Gasteiger partial charge on any atom is 0.0146 e. The van der Waals surface area contributed by atoms with E-state index in [1.165, 1.54) is 57.8 Å². The van der Waals surface area contributed by atoms with Gasteiger partial charge in [-0.1, -0.05) is 48.0 Å².